The molecule has 0 bridgehead atoms. The van der Waals surface area contributed by atoms with Crippen molar-refractivity contribution < 1.29 is 23.9 Å². The molecule has 3 aromatic carbocycles. The standard InChI is InChI=1S/C34H40N6O5/c35-18-10-9-17-28(31(36)41)38-32(42)29(19-23-11-3-1-4-12-23)39-33(43)30(20-25-21-37-27-16-8-7-15-26(25)27)40-34(44)45-22-24-13-5-2-6-14-24/h1-8,11-16,21,28-30,37H,9-10,17-20,22,35H2,(H2,36,41)(H,38,42)(H,39,43)(H,40,44)/t28-,29-,30-/m0/s1. The first kappa shape index (κ1) is 32.7. The average molecular weight is 613 g/mol. The predicted octanol–water partition coefficient (Wildman–Crippen LogP) is 2.83. The van der Waals surface area contributed by atoms with Crippen LogP contribution >= 0.6 is 0 Å². The number of hydrogen-bond donors (Lipinski definition) is 6. The molecular formula is C34H40N6O5. The van der Waals surface area contributed by atoms with Crippen LogP contribution in [0.3, 0.4) is 0 Å². The van der Waals surface area contributed by atoms with Gasteiger partial charge in [-0.3, -0.25) is 14.4 Å². The molecule has 4 rings (SSSR count). The predicted molar refractivity (Wildman–Crippen MR) is 172 cm³/mol. The minimum atomic E-state index is -1.09. The number of benzene rings is 3. The minimum Gasteiger partial charge on any atom is -0.445 e. The molecule has 4 aromatic rings. The maximum Gasteiger partial charge on any atom is 0.408 e. The summed E-state index contributed by atoms with van der Waals surface area (Å²) in [5, 5.41) is 9.10. The number of fused-ring (bicyclic) bond motifs is 1. The molecule has 0 spiro atoms. The summed E-state index contributed by atoms with van der Waals surface area (Å²) in [4.78, 5) is 55.7. The summed E-state index contributed by atoms with van der Waals surface area (Å²) in [7, 11) is 0. The lowest BCUT2D eigenvalue weighted by Crippen LogP contribution is -2.57. The number of nitrogens with one attached hydrogen (secondary N) is 4. The van der Waals surface area contributed by atoms with E-state index in [1.165, 1.54) is 0 Å². The van der Waals surface area contributed by atoms with Crippen LogP contribution in [0.15, 0.2) is 91.1 Å². The number of carbonyl (C=O) groups excluding carboxylic acids is 4. The topological polar surface area (TPSA) is 181 Å². The van der Waals surface area contributed by atoms with Crippen LogP contribution in [-0.2, 0) is 38.6 Å². The second-order valence-electron chi connectivity index (χ2n) is 10.8. The Bertz CT molecular complexity index is 1560. The summed E-state index contributed by atoms with van der Waals surface area (Å²) < 4.78 is 5.41. The molecule has 236 valence electrons. The highest BCUT2D eigenvalue weighted by molar-refractivity contribution is 5.94. The molecule has 8 N–H and O–H groups in total. The fourth-order valence-electron chi connectivity index (χ4n) is 5.02. The number of alkyl carbamates (subject to hydrolysis) is 1. The molecule has 0 fully saturated rings. The van der Waals surface area contributed by atoms with Crippen LogP contribution in [0.1, 0.15) is 36.0 Å². The highest BCUT2D eigenvalue weighted by Crippen LogP contribution is 2.19. The minimum absolute atomic E-state index is 0.0196. The Kier molecular flexibility index (Phi) is 12.1. The van der Waals surface area contributed by atoms with E-state index < -0.39 is 41.9 Å². The molecule has 0 aliphatic rings. The second kappa shape index (κ2) is 16.6. The largest absolute Gasteiger partial charge is 0.445 e. The van der Waals surface area contributed by atoms with Gasteiger partial charge in [0.2, 0.25) is 17.7 Å². The number of unbranched alkanes of at least 4 members (excludes halogenated alkanes) is 1. The molecule has 0 saturated heterocycles. The van der Waals surface area contributed by atoms with E-state index in [0.29, 0.717) is 25.8 Å². The van der Waals surface area contributed by atoms with Gasteiger partial charge in [-0.1, -0.05) is 78.9 Å². The molecule has 0 radical (unpaired) electrons. The number of amides is 4. The van der Waals surface area contributed by atoms with Crippen molar-refractivity contribution in [1.29, 1.82) is 0 Å². The first-order valence-electron chi connectivity index (χ1n) is 15.0. The zero-order valence-corrected chi connectivity index (χ0v) is 25.0. The monoisotopic (exact) mass is 612 g/mol. The molecule has 11 nitrogen and oxygen atoms in total. The van der Waals surface area contributed by atoms with Crippen LogP contribution in [0, 0.1) is 0 Å². The highest BCUT2D eigenvalue weighted by atomic mass is 16.5. The van der Waals surface area contributed by atoms with Crippen molar-refractivity contribution >= 4 is 34.7 Å². The Labute approximate surface area is 262 Å². The van der Waals surface area contributed by atoms with Crippen molar-refractivity contribution in [2.24, 2.45) is 11.5 Å². The van der Waals surface area contributed by atoms with Crippen molar-refractivity contribution in [3.05, 3.63) is 108 Å². The molecular weight excluding hydrogens is 572 g/mol. The summed E-state index contributed by atoms with van der Waals surface area (Å²) in [5.41, 5.74) is 14.4. The molecule has 0 unspecified atom stereocenters. The molecule has 4 amide bonds. The molecule has 45 heavy (non-hydrogen) atoms. The summed E-state index contributed by atoms with van der Waals surface area (Å²) >= 11 is 0. The van der Waals surface area contributed by atoms with Gasteiger partial charge in [0.05, 0.1) is 0 Å². The van der Waals surface area contributed by atoms with Gasteiger partial charge in [0.1, 0.15) is 24.7 Å². The number of aromatic nitrogens is 1. The third-order valence-corrected chi connectivity index (χ3v) is 7.44. The van der Waals surface area contributed by atoms with Crippen LogP contribution in [-0.4, -0.2) is 53.5 Å². The fourth-order valence-corrected chi connectivity index (χ4v) is 5.02. The van der Waals surface area contributed by atoms with E-state index >= 15 is 0 Å². The Morgan fingerprint density at radius 2 is 1.31 bits per heavy atom. The average Bonchev–Trinajstić information content (AvgIpc) is 3.46. The lowest BCUT2D eigenvalue weighted by atomic mass is 10.0. The number of ether oxygens (including phenoxy) is 1. The molecule has 1 aromatic heterocycles. The van der Waals surface area contributed by atoms with Gasteiger partial charge in [-0.25, -0.2) is 4.79 Å². The molecule has 11 heteroatoms. The molecule has 3 atom stereocenters. The maximum atomic E-state index is 13.9. The number of carbonyl (C=O) groups is 4. The number of aromatic amines is 1. The number of H-pyrrole nitrogens is 1. The van der Waals surface area contributed by atoms with Crippen LogP contribution in [0.5, 0.6) is 0 Å². The third kappa shape index (κ3) is 9.94. The first-order chi connectivity index (χ1) is 21.8. The van der Waals surface area contributed by atoms with Gasteiger partial charge in [0, 0.05) is 29.9 Å². The SMILES string of the molecule is NCCCC[C@H](NC(=O)[C@H](Cc1ccccc1)NC(=O)[C@H](Cc1c[nH]c2ccccc12)NC(=O)OCc1ccccc1)C(N)=O. The van der Waals surface area contributed by atoms with E-state index in [1.807, 2.05) is 84.9 Å². The van der Waals surface area contributed by atoms with E-state index in [1.54, 1.807) is 6.20 Å². The highest BCUT2D eigenvalue weighted by Gasteiger charge is 2.30. The zero-order valence-electron chi connectivity index (χ0n) is 25.0. The van der Waals surface area contributed by atoms with Gasteiger partial charge in [-0.2, -0.15) is 0 Å². The number of para-hydroxylation sites is 1. The maximum absolute atomic E-state index is 13.9. The molecule has 1 heterocycles. The number of hydrogen-bond acceptors (Lipinski definition) is 6. The van der Waals surface area contributed by atoms with E-state index in [9.17, 15) is 19.2 Å². The summed E-state index contributed by atoms with van der Waals surface area (Å²) in [6.07, 6.45) is 2.87. The smallest absolute Gasteiger partial charge is 0.408 e. The second-order valence-corrected chi connectivity index (χ2v) is 10.8. The first-order valence-corrected chi connectivity index (χ1v) is 15.0. The number of nitrogens with two attached hydrogens (primary N) is 2. The van der Waals surface area contributed by atoms with Gasteiger partial charge in [0.15, 0.2) is 0 Å². The van der Waals surface area contributed by atoms with E-state index in [0.717, 1.165) is 27.6 Å². The van der Waals surface area contributed by atoms with Crippen LogP contribution in [0.4, 0.5) is 4.79 Å². The van der Waals surface area contributed by atoms with Crippen LogP contribution < -0.4 is 27.4 Å². The molecule has 0 aliphatic carbocycles. The lowest BCUT2D eigenvalue weighted by Gasteiger charge is -2.25. The van der Waals surface area contributed by atoms with Crippen molar-refractivity contribution in [3.63, 3.8) is 0 Å². The molecule has 0 saturated carbocycles. The Morgan fingerprint density at radius 3 is 1.98 bits per heavy atom. The Hall–Kier alpha value is -5.16. The summed E-state index contributed by atoms with van der Waals surface area (Å²) in [6.45, 7) is 0.469. The van der Waals surface area contributed by atoms with Gasteiger partial charge in [-0.15, -0.1) is 0 Å². The summed E-state index contributed by atoms with van der Waals surface area (Å²) in [5.74, 6) is -1.83. The Balaban J connectivity index is 1.54. The fraction of sp³-hybridized carbons (Fsp3) is 0.294. The third-order valence-electron chi connectivity index (χ3n) is 7.44. The number of primary amides is 1. The van der Waals surface area contributed by atoms with Gasteiger partial charge in [0.25, 0.3) is 0 Å². The summed E-state index contributed by atoms with van der Waals surface area (Å²) in [6, 6.07) is 22.9. The van der Waals surface area contributed by atoms with Crippen LogP contribution in [0.2, 0.25) is 0 Å². The van der Waals surface area contributed by atoms with Crippen molar-refractivity contribution in [2.45, 2.75) is 56.8 Å². The van der Waals surface area contributed by atoms with Crippen LogP contribution in [0.25, 0.3) is 10.9 Å². The van der Waals surface area contributed by atoms with Gasteiger partial charge in [-0.05, 0) is 48.6 Å². The van der Waals surface area contributed by atoms with Crippen molar-refractivity contribution in [3.8, 4) is 0 Å². The normalized spacial score (nSPS) is 12.9. The van der Waals surface area contributed by atoms with Gasteiger partial charge >= 0.3 is 6.09 Å². The van der Waals surface area contributed by atoms with E-state index in [-0.39, 0.29) is 19.4 Å². The van der Waals surface area contributed by atoms with Crippen molar-refractivity contribution in [1.82, 2.24) is 20.9 Å². The Morgan fingerprint density at radius 1 is 0.711 bits per heavy atom. The zero-order chi connectivity index (χ0) is 32.0. The van der Waals surface area contributed by atoms with Gasteiger partial charge < -0.3 is 37.1 Å². The number of rotatable bonds is 16. The van der Waals surface area contributed by atoms with Crippen molar-refractivity contribution in [2.75, 3.05) is 6.54 Å². The van der Waals surface area contributed by atoms with E-state index in [4.69, 9.17) is 16.2 Å². The quantitative estimate of drug-likeness (QED) is 0.106. The lowest BCUT2D eigenvalue weighted by molar-refractivity contribution is -0.132. The van der Waals surface area contributed by atoms with E-state index in [2.05, 4.69) is 20.9 Å². The molecule has 0 aliphatic heterocycles.